The zero-order valence-corrected chi connectivity index (χ0v) is 21.1. The topological polar surface area (TPSA) is 9.49 Å². The zero-order chi connectivity index (χ0) is 23.0. The molecule has 0 spiro atoms. The number of nitrogens with zero attached hydrogens (tertiary/aromatic N) is 3. The first-order chi connectivity index (χ1) is 15.8. The predicted octanol–water partition coefficient (Wildman–Crippen LogP) is 7.70. The Bertz CT molecular complexity index is 697. The Morgan fingerprint density at radius 1 is 0.594 bits per heavy atom. The number of benzene rings is 2. The van der Waals surface area contributed by atoms with Gasteiger partial charge < -0.3 is 0 Å². The summed E-state index contributed by atoms with van der Waals surface area (Å²) < 4.78 is 2.68. The van der Waals surface area contributed by atoms with Crippen molar-refractivity contribution in [1.29, 1.82) is 0 Å². The van der Waals surface area contributed by atoms with Gasteiger partial charge in [-0.3, -0.25) is 9.48 Å². The molecule has 0 unspecified atom stereocenters. The first-order valence-corrected chi connectivity index (χ1v) is 13.0. The molecule has 3 nitrogen and oxygen atoms in total. The van der Waals surface area contributed by atoms with Crippen LogP contribution in [0.25, 0.3) is 0 Å². The molecular weight excluding hydrogens is 390 g/mol. The second-order valence-electron chi connectivity index (χ2n) is 8.69. The molecule has 176 valence electrons. The van der Waals surface area contributed by atoms with E-state index in [1.807, 2.05) is 0 Å². The minimum atomic E-state index is 1.11. The maximum Gasteiger partial charge on any atom is 0.360 e. The summed E-state index contributed by atoms with van der Waals surface area (Å²) >= 11 is 0. The van der Waals surface area contributed by atoms with E-state index in [0.717, 1.165) is 26.2 Å². The van der Waals surface area contributed by atoms with Gasteiger partial charge in [0.1, 0.15) is 11.4 Å². The van der Waals surface area contributed by atoms with E-state index in [-0.39, 0.29) is 0 Å². The van der Waals surface area contributed by atoms with Gasteiger partial charge in [-0.25, -0.2) is 0 Å². The van der Waals surface area contributed by atoms with Crippen LogP contribution in [0.2, 0.25) is 0 Å². The monoisotopic (exact) mass is 436 g/mol. The first kappa shape index (κ1) is 26.0. The van der Waals surface area contributed by atoms with Crippen LogP contribution in [-0.4, -0.2) is 41.6 Å². The lowest BCUT2D eigenvalue weighted by atomic mass is 10.2. The Balaban J connectivity index is 2.70. The summed E-state index contributed by atoms with van der Waals surface area (Å²) in [6, 6.07) is 21.9. The Morgan fingerprint density at radius 2 is 1.00 bits per heavy atom. The SMILES string of the molecule is CCCCN(CCCC)C(N(c1ccccc1)c1ccccc1)=[N+](CCCC)CCCC. The molecule has 0 bridgehead atoms. The molecule has 32 heavy (non-hydrogen) atoms. The molecule has 0 aromatic heterocycles. The average molecular weight is 437 g/mol. The number of anilines is 2. The molecule has 2 rings (SSSR count). The molecule has 2 aromatic carbocycles. The third-order valence-corrected chi connectivity index (χ3v) is 5.92. The van der Waals surface area contributed by atoms with E-state index in [9.17, 15) is 0 Å². The highest BCUT2D eigenvalue weighted by Gasteiger charge is 2.32. The lowest BCUT2D eigenvalue weighted by Crippen LogP contribution is -2.49. The summed E-state index contributed by atoms with van der Waals surface area (Å²) in [5.41, 5.74) is 2.48. The number of guanidine groups is 1. The molecule has 0 amide bonds. The second-order valence-corrected chi connectivity index (χ2v) is 8.69. The van der Waals surface area contributed by atoms with Crippen molar-refractivity contribution in [3.05, 3.63) is 60.7 Å². The quantitative estimate of drug-likeness (QED) is 0.170. The maximum absolute atomic E-state index is 2.68. The van der Waals surface area contributed by atoms with Gasteiger partial charge in [-0.05, 0) is 49.9 Å². The largest absolute Gasteiger partial charge is 0.360 e. The third kappa shape index (κ3) is 8.00. The van der Waals surface area contributed by atoms with E-state index < -0.39 is 0 Å². The van der Waals surface area contributed by atoms with E-state index in [1.54, 1.807) is 0 Å². The zero-order valence-electron chi connectivity index (χ0n) is 21.1. The number of rotatable bonds is 14. The molecule has 0 aliphatic rings. The fourth-order valence-corrected chi connectivity index (χ4v) is 4.04. The average Bonchev–Trinajstić information content (AvgIpc) is 2.84. The highest BCUT2D eigenvalue weighted by atomic mass is 15.4. The minimum Gasteiger partial charge on any atom is -0.264 e. The fraction of sp³-hybridized carbons (Fsp3) is 0.552. The van der Waals surface area contributed by atoms with Crippen molar-refractivity contribution in [3.63, 3.8) is 0 Å². The van der Waals surface area contributed by atoms with E-state index in [2.05, 4.69) is 103 Å². The van der Waals surface area contributed by atoms with Gasteiger partial charge in [-0.2, -0.15) is 4.90 Å². The molecule has 0 N–H and O–H groups in total. The summed E-state index contributed by atoms with van der Waals surface area (Å²) in [5.74, 6) is 1.37. The Hall–Kier alpha value is -2.29. The van der Waals surface area contributed by atoms with Crippen LogP contribution >= 0.6 is 0 Å². The summed E-state index contributed by atoms with van der Waals surface area (Å²) in [6.07, 6.45) is 9.76. The lowest BCUT2D eigenvalue weighted by Gasteiger charge is -2.31. The molecule has 0 heterocycles. The van der Waals surface area contributed by atoms with Crippen LogP contribution in [0.3, 0.4) is 0 Å². The molecule has 0 aliphatic heterocycles. The van der Waals surface area contributed by atoms with Crippen LogP contribution in [0.1, 0.15) is 79.1 Å². The van der Waals surface area contributed by atoms with Crippen molar-refractivity contribution in [3.8, 4) is 0 Å². The molecule has 0 saturated carbocycles. The molecule has 0 aliphatic carbocycles. The molecule has 0 fully saturated rings. The van der Waals surface area contributed by atoms with Crippen molar-refractivity contribution in [2.75, 3.05) is 31.1 Å². The van der Waals surface area contributed by atoms with Gasteiger partial charge in [-0.1, -0.05) is 89.8 Å². The van der Waals surface area contributed by atoms with Gasteiger partial charge in [0.2, 0.25) is 0 Å². The molecule has 3 heteroatoms. The highest BCUT2D eigenvalue weighted by molar-refractivity contribution is 5.99. The van der Waals surface area contributed by atoms with Crippen molar-refractivity contribution in [2.24, 2.45) is 0 Å². The molecule has 0 radical (unpaired) electrons. The second kappa shape index (κ2) is 15.5. The van der Waals surface area contributed by atoms with Gasteiger partial charge in [-0.15, -0.1) is 0 Å². The minimum absolute atomic E-state index is 1.11. The number of para-hydroxylation sites is 2. The summed E-state index contributed by atoms with van der Waals surface area (Å²) in [6.45, 7) is 13.6. The molecule has 0 saturated heterocycles. The van der Waals surface area contributed by atoms with Crippen LogP contribution < -0.4 is 4.90 Å². The van der Waals surface area contributed by atoms with Gasteiger partial charge in [0.15, 0.2) is 0 Å². The highest BCUT2D eigenvalue weighted by Crippen LogP contribution is 2.27. The first-order valence-electron chi connectivity index (χ1n) is 13.0. The lowest BCUT2D eigenvalue weighted by molar-refractivity contribution is -0.534. The van der Waals surface area contributed by atoms with E-state index in [1.165, 1.54) is 68.7 Å². The van der Waals surface area contributed by atoms with Crippen LogP contribution in [0.5, 0.6) is 0 Å². The third-order valence-electron chi connectivity index (χ3n) is 5.92. The van der Waals surface area contributed by atoms with Crippen LogP contribution in [-0.2, 0) is 0 Å². The Labute approximate surface area is 197 Å². The van der Waals surface area contributed by atoms with Crippen molar-refractivity contribution < 1.29 is 4.58 Å². The van der Waals surface area contributed by atoms with Crippen molar-refractivity contribution in [1.82, 2.24) is 4.90 Å². The van der Waals surface area contributed by atoms with Crippen molar-refractivity contribution >= 4 is 17.3 Å². The fourth-order valence-electron chi connectivity index (χ4n) is 4.04. The summed E-state index contributed by atoms with van der Waals surface area (Å²) in [7, 11) is 0. The van der Waals surface area contributed by atoms with E-state index >= 15 is 0 Å². The van der Waals surface area contributed by atoms with Gasteiger partial charge >= 0.3 is 5.96 Å². The Morgan fingerprint density at radius 3 is 1.38 bits per heavy atom. The van der Waals surface area contributed by atoms with E-state index in [4.69, 9.17) is 0 Å². The van der Waals surface area contributed by atoms with Crippen LogP contribution in [0.15, 0.2) is 60.7 Å². The summed E-state index contributed by atoms with van der Waals surface area (Å²) in [4.78, 5) is 5.19. The summed E-state index contributed by atoms with van der Waals surface area (Å²) in [5, 5.41) is 0. The van der Waals surface area contributed by atoms with Gasteiger partial charge in [0.05, 0.1) is 26.2 Å². The smallest absolute Gasteiger partial charge is 0.264 e. The van der Waals surface area contributed by atoms with Crippen LogP contribution in [0.4, 0.5) is 11.4 Å². The van der Waals surface area contributed by atoms with E-state index in [0.29, 0.717) is 0 Å². The number of unbranched alkanes of at least 4 members (excludes halogenated alkanes) is 4. The maximum atomic E-state index is 2.68. The normalized spacial score (nSPS) is 10.8. The number of hydrogen-bond acceptors (Lipinski definition) is 0. The molecule has 2 aromatic rings. The number of hydrogen-bond donors (Lipinski definition) is 0. The van der Waals surface area contributed by atoms with Gasteiger partial charge in [0.25, 0.3) is 0 Å². The van der Waals surface area contributed by atoms with Gasteiger partial charge in [0, 0.05) is 0 Å². The van der Waals surface area contributed by atoms with Crippen LogP contribution in [0, 0.1) is 0 Å². The Kier molecular flexibility index (Phi) is 12.6. The predicted molar refractivity (Wildman–Crippen MR) is 141 cm³/mol. The molecular formula is C29H46N3+. The standard InChI is InChI=1S/C29H46N3/c1-5-9-23-30(24-10-6-2)29(31(25-11-7-3)26-12-8-4)32(27-19-15-13-16-20-27)28-21-17-14-18-22-28/h13-22H,5-12,23-26H2,1-4H3/q+1. The molecule has 0 atom stereocenters. The van der Waals surface area contributed by atoms with Crippen molar-refractivity contribution in [2.45, 2.75) is 79.1 Å².